The van der Waals surface area contributed by atoms with Crippen LogP contribution in [0.2, 0.25) is 10.0 Å². The molecule has 7 heteroatoms. The standard InChI is InChI=1S/C24H30Cl2N2O3/c1-5-6-11-27-24(30)18(4)28(14-19-9-10-20(25)21(26)13-19)23(29)15-31-22-12-16(2)7-8-17(22)3/h7-10,12-13,18H,5-6,11,14-15H2,1-4H3,(H,27,30). The molecule has 0 bridgehead atoms. The van der Waals surface area contributed by atoms with Gasteiger partial charge in [0.15, 0.2) is 6.61 Å². The van der Waals surface area contributed by atoms with Crippen LogP contribution in [0, 0.1) is 13.8 Å². The third-order valence-electron chi connectivity index (χ3n) is 5.03. The Labute approximate surface area is 194 Å². The van der Waals surface area contributed by atoms with Crippen molar-refractivity contribution < 1.29 is 14.3 Å². The molecule has 5 nitrogen and oxygen atoms in total. The molecule has 2 rings (SSSR count). The maximum absolute atomic E-state index is 13.1. The molecule has 0 aliphatic rings. The lowest BCUT2D eigenvalue weighted by Gasteiger charge is -2.29. The number of aryl methyl sites for hydroxylation is 2. The second-order valence-corrected chi connectivity index (χ2v) is 8.46. The van der Waals surface area contributed by atoms with Gasteiger partial charge in [0, 0.05) is 13.1 Å². The van der Waals surface area contributed by atoms with Crippen LogP contribution in [0.5, 0.6) is 5.75 Å². The Kier molecular flexibility index (Phi) is 9.66. The van der Waals surface area contributed by atoms with E-state index in [1.807, 2.05) is 32.0 Å². The Morgan fingerprint density at radius 2 is 1.84 bits per heavy atom. The molecular formula is C24H30Cl2N2O3. The molecule has 0 radical (unpaired) electrons. The van der Waals surface area contributed by atoms with Crippen LogP contribution in [0.25, 0.3) is 0 Å². The number of rotatable bonds is 10. The Balaban J connectivity index is 2.18. The largest absolute Gasteiger partial charge is 0.483 e. The van der Waals surface area contributed by atoms with Crippen molar-refractivity contribution in [3.63, 3.8) is 0 Å². The van der Waals surface area contributed by atoms with Gasteiger partial charge in [-0.3, -0.25) is 9.59 Å². The predicted molar refractivity (Wildman–Crippen MR) is 126 cm³/mol. The molecule has 2 aromatic rings. The van der Waals surface area contributed by atoms with Crippen LogP contribution in [-0.2, 0) is 16.1 Å². The van der Waals surface area contributed by atoms with Gasteiger partial charge in [0.05, 0.1) is 10.0 Å². The normalized spacial score (nSPS) is 11.7. The van der Waals surface area contributed by atoms with Crippen molar-refractivity contribution in [2.75, 3.05) is 13.2 Å². The number of hydrogen-bond donors (Lipinski definition) is 1. The molecule has 168 valence electrons. The minimum absolute atomic E-state index is 0.168. The first-order valence-corrected chi connectivity index (χ1v) is 11.2. The van der Waals surface area contributed by atoms with E-state index in [0.29, 0.717) is 22.3 Å². The van der Waals surface area contributed by atoms with Crippen LogP contribution < -0.4 is 10.1 Å². The number of carbonyl (C=O) groups is 2. The lowest BCUT2D eigenvalue weighted by Crippen LogP contribution is -2.49. The molecule has 0 aliphatic carbocycles. The van der Waals surface area contributed by atoms with Crippen LogP contribution in [0.15, 0.2) is 36.4 Å². The van der Waals surface area contributed by atoms with E-state index < -0.39 is 6.04 Å². The van der Waals surface area contributed by atoms with Crippen molar-refractivity contribution in [2.24, 2.45) is 0 Å². The lowest BCUT2D eigenvalue weighted by atomic mass is 10.1. The second kappa shape index (κ2) is 12.0. The Morgan fingerprint density at radius 1 is 1.10 bits per heavy atom. The number of unbranched alkanes of at least 4 members (excludes halogenated alkanes) is 1. The van der Waals surface area contributed by atoms with Gasteiger partial charge in [-0.15, -0.1) is 0 Å². The van der Waals surface area contributed by atoms with Crippen molar-refractivity contribution in [1.29, 1.82) is 0 Å². The molecule has 0 aliphatic heterocycles. The molecule has 1 N–H and O–H groups in total. The summed E-state index contributed by atoms with van der Waals surface area (Å²) in [6.45, 7) is 8.29. The molecule has 0 saturated heterocycles. The first-order valence-electron chi connectivity index (χ1n) is 10.4. The monoisotopic (exact) mass is 464 g/mol. The summed E-state index contributed by atoms with van der Waals surface area (Å²) in [5.41, 5.74) is 2.77. The number of benzene rings is 2. The van der Waals surface area contributed by atoms with Crippen LogP contribution in [-0.4, -0.2) is 35.9 Å². The Hall–Kier alpha value is -2.24. The van der Waals surface area contributed by atoms with Gasteiger partial charge in [-0.1, -0.05) is 54.7 Å². The number of nitrogens with zero attached hydrogens (tertiary/aromatic N) is 1. The smallest absolute Gasteiger partial charge is 0.261 e. The average Bonchev–Trinajstić information content (AvgIpc) is 2.74. The van der Waals surface area contributed by atoms with Crippen molar-refractivity contribution >= 4 is 35.0 Å². The highest BCUT2D eigenvalue weighted by molar-refractivity contribution is 6.42. The highest BCUT2D eigenvalue weighted by Gasteiger charge is 2.26. The van der Waals surface area contributed by atoms with E-state index in [4.69, 9.17) is 27.9 Å². The van der Waals surface area contributed by atoms with Gasteiger partial charge in [0.25, 0.3) is 5.91 Å². The van der Waals surface area contributed by atoms with E-state index in [2.05, 4.69) is 12.2 Å². The minimum atomic E-state index is -0.666. The van der Waals surface area contributed by atoms with Gasteiger partial charge in [0.1, 0.15) is 11.8 Å². The van der Waals surface area contributed by atoms with Crippen molar-refractivity contribution in [1.82, 2.24) is 10.2 Å². The summed E-state index contributed by atoms with van der Waals surface area (Å²) >= 11 is 12.1. The van der Waals surface area contributed by atoms with Gasteiger partial charge < -0.3 is 15.0 Å². The van der Waals surface area contributed by atoms with Gasteiger partial charge in [-0.25, -0.2) is 0 Å². The van der Waals surface area contributed by atoms with Crippen molar-refractivity contribution in [3.05, 3.63) is 63.1 Å². The number of ether oxygens (including phenoxy) is 1. The molecular weight excluding hydrogens is 435 g/mol. The molecule has 31 heavy (non-hydrogen) atoms. The number of halogens is 2. The van der Waals surface area contributed by atoms with E-state index in [1.54, 1.807) is 25.1 Å². The highest BCUT2D eigenvalue weighted by atomic mass is 35.5. The van der Waals surface area contributed by atoms with Crippen LogP contribution in [0.3, 0.4) is 0 Å². The molecule has 1 atom stereocenters. The molecule has 0 saturated carbocycles. The summed E-state index contributed by atoms with van der Waals surface area (Å²) in [5.74, 6) is 0.168. The van der Waals surface area contributed by atoms with Gasteiger partial charge >= 0.3 is 0 Å². The zero-order valence-electron chi connectivity index (χ0n) is 18.5. The fraction of sp³-hybridized carbons (Fsp3) is 0.417. The van der Waals surface area contributed by atoms with Crippen LogP contribution in [0.1, 0.15) is 43.4 Å². The SMILES string of the molecule is CCCCNC(=O)C(C)N(Cc1ccc(Cl)c(Cl)c1)C(=O)COc1cc(C)ccc1C. The van der Waals surface area contributed by atoms with Crippen LogP contribution >= 0.6 is 23.2 Å². The summed E-state index contributed by atoms with van der Waals surface area (Å²) in [7, 11) is 0. The molecule has 0 aromatic heterocycles. The van der Waals surface area contributed by atoms with Crippen molar-refractivity contribution in [2.45, 2.75) is 53.1 Å². The van der Waals surface area contributed by atoms with E-state index in [0.717, 1.165) is 29.5 Å². The summed E-state index contributed by atoms with van der Waals surface area (Å²) in [6, 6.07) is 10.4. The minimum Gasteiger partial charge on any atom is -0.483 e. The van der Waals surface area contributed by atoms with Crippen LogP contribution in [0.4, 0.5) is 0 Å². The second-order valence-electron chi connectivity index (χ2n) is 7.65. The first-order chi connectivity index (χ1) is 14.7. The summed E-state index contributed by atoms with van der Waals surface area (Å²) in [5, 5.41) is 3.73. The topological polar surface area (TPSA) is 58.6 Å². The zero-order chi connectivity index (χ0) is 23.0. The fourth-order valence-corrected chi connectivity index (χ4v) is 3.36. The van der Waals surface area contributed by atoms with Gasteiger partial charge in [-0.2, -0.15) is 0 Å². The maximum atomic E-state index is 13.1. The first kappa shape index (κ1) is 25.0. The van der Waals surface area contributed by atoms with E-state index in [1.165, 1.54) is 4.90 Å². The van der Waals surface area contributed by atoms with Gasteiger partial charge in [0.2, 0.25) is 5.91 Å². The van der Waals surface area contributed by atoms with E-state index >= 15 is 0 Å². The quantitative estimate of drug-likeness (QED) is 0.483. The maximum Gasteiger partial charge on any atom is 0.261 e. The van der Waals surface area contributed by atoms with E-state index in [-0.39, 0.29) is 25.0 Å². The van der Waals surface area contributed by atoms with Gasteiger partial charge in [-0.05, 0) is 62.1 Å². The molecule has 2 aromatic carbocycles. The third kappa shape index (κ3) is 7.44. The number of hydrogen-bond acceptors (Lipinski definition) is 3. The zero-order valence-corrected chi connectivity index (χ0v) is 20.0. The Bertz CT molecular complexity index is 918. The molecule has 2 amide bonds. The highest BCUT2D eigenvalue weighted by Crippen LogP contribution is 2.24. The fourth-order valence-electron chi connectivity index (χ4n) is 3.04. The lowest BCUT2D eigenvalue weighted by molar-refractivity contribution is -0.142. The molecule has 1 unspecified atom stereocenters. The molecule has 0 spiro atoms. The average molecular weight is 465 g/mol. The summed E-state index contributed by atoms with van der Waals surface area (Å²) in [4.78, 5) is 27.3. The summed E-state index contributed by atoms with van der Waals surface area (Å²) in [6.07, 6.45) is 1.86. The predicted octanol–water partition coefficient (Wildman–Crippen LogP) is 5.32. The number of nitrogens with one attached hydrogen (secondary N) is 1. The number of amides is 2. The summed E-state index contributed by atoms with van der Waals surface area (Å²) < 4.78 is 5.80. The van der Waals surface area contributed by atoms with Crippen molar-refractivity contribution in [3.8, 4) is 5.75 Å². The molecule has 0 fully saturated rings. The Morgan fingerprint density at radius 3 is 2.52 bits per heavy atom. The number of carbonyl (C=O) groups excluding carboxylic acids is 2. The van der Waals surface area contributed by atoms with E-state index in [9.17, 15) is 9.59 Å². The molecule has 0 heterocycles. The third-order valence-corrected chi connectivity index (χ3v) is 5.77.